The van der Waals surface area contributed by atoms with Crippen LogP contribution in [0.1, 0.15) is 65.9 Å². The Hall–Kier alpha value is -2.32. The third kappa shape index (κ3) is 4.75. The number of aryl methyl sites for hydroxylation is 2. The lowest BCUT2D eigenvalue weighted by atomic mass is 9.89. The molecule has 1 atom stereocenters. The molecular weight excluding hydrogens is 498 g/mol. The molecule has 1 amide bonds. The first kappa shape index (κ1) is 24.8. The molecule has 1 fully saturated rings. The summed E-state index contributed by atoms with van der Waals surface area (Å²) in [4.78, 5) is 30.7. The van der Waals surface area contributed by atoms with Crippen molar-refractivity contribution in [3.63, 3.8) is 0 Å². The van der Waals surface area contributed by atoms with Gasteiger partial charge < -0.3 is 24.7 Å². The molecule has 3 heterocycles. The van der Waals surface area contributed by atoms with Gasteiger partial charge in [0.05, 0.1) is 4.47 Å². The van der Waals surface area contributed by atoms with Crippen LogP contribution in [0.25, 0.3) is 0 Å². The van der Waals surface area contributed by atoms with Gasteiger partial charge in [0.15, 0.2) is 11.5 Å². The molecule has 1 saturated heterocycles. The summed E-state index contributed by atoms with van der Waals surface area (Å²) in [5, 5.41) is 2.89. The Kier molecular flexibility index (Phi) is 7.10. The van der Waals surface area contributed by atoms with Crippen LogP contribution in [0, 0.1) is 26.7 Å². The van der Waals surface area contributed by atoms with Crippen molar-refractivity contribution in [3.8, 4) is 11.5 Å². The standard InChI is InChI=1S/C26H34BrN3O4/c1-6-9-30-10-7-18(8-11-30)26(5)33-22-17(4)19(13-21(27)23(22)34-26)24(31)28-14-20-15(2)12-16(3)29-25(20)32/h12-13,18H,6-11,14H2,1-5H3,(H,28,31)(H,29,32)/t26-/m1/s1. The molecule has 8 heteroatoms. The van der Waals surface area contributed by atoms with Gasteiger partial charge >= 0.3 is 0 Å². The zero-order chi connectivity index (χ0) is 24.6. The second-order valence-electron chi connectivity index (χ2n) is 9.65. The second kappa shape index (κ2) is 9.74. The van der Waals surface area contributed by atoms with Gasteiger partial charge in [0, 0.05) is 41.8 Å². The summed E-state index contributed by atoms with van der Waals surface area (Å²) >= 11 is 3.59. The number of ether oxygens (including phenoxy) is 2. The minimum absolute atomic E-state index is 0.153. The predicted molar refractivity (Wildman–Crippen MR) is 136 cm³/mol. The number of likely N-dealkylation sites (tertiary alicyclic amines) is 1. The molecule has 184 valence electrons. The minimum atomic E-state index is -0.755. The zero-order valence-corrected chi connectivity index (χ0v) is 22.2. The lowest BCUT2D eigenvalue weighted by molar-refractivity contribution is -0.125. The molecule has 0 spiro atoms. The first-order valence-corrected chi connectivity index (χ1v) is 12.8. The summed E-state index contributed by atoms with van der Waals surface area (Å²) in [6.45, 7) is 13.2. The molecule has 0 unspecified atom stereocenters. The summed E-state index contributed by atoms with van der Waals surface area (Å²) in [6.07, 6.45) is 3.19. The summed E-state index contributed by atoms with van der Waals surface area (Å²) < 4.78 is 13.5. The van der Waals surface area contributed by atoms with Gasteiger partial charge in [-0.2, -0.15) is 0 Å². The van der Waals surface area contributed by atoms with E-state index in [0.29, 0.717) is 27.1 Å². The number of carbonyl (C=O) groups excluding carboxylic acids is 1. The number of benzene rings is 1. The van der Waals surface area contributed by atoms with Crippen molar-refractivity contribution in [1.82, 2.24) is 15.2 Å². The van der Waals surface area contributed by atoms with Crippen LogP contribution in [0.3, 0.4) is 0 Å². The van der Waals surface area contributed by atoms with Crippen LogP contribution in [0.2, 0.25) is 0 Å². The van der Waals surface area contributed by atoms with Gasteiger partial charge in [-0.15, -0.1) is 0 Å². The highest BCUT2D eigenvalue weighted by Crippen LogP contribution is 2.51. The highest BCUT2D eigenvalue weighted by molar-refractivity contribution is 9.10. The van der Waals surface area contributed by atoms with E-state index in [9.17, 15) is 9.59 Å². The van der Waals surface area contributed by atoms with Crippen LogP contribution in [0.4, 0.5) is 0 Å². The van der Waals surface area contributed by atoms with Crippen molar-refractivity contribution >= 4 is 21.8 Å². The quantitative estimate of drug-likeness (QED) is 0.568. The number of carbonyl (C=O) groups is 1. The van der Waals surface area contributed by atoms with Crippen LogP contribution in [0.15, 0.2) is 21.4 Å². The smallest absolute Gasteiger partial charge is 0.253 e. The zero-order valence-electron chi connectivity index (χ0n) is 20.6. The Morgan fingerprint density at radius 2 is 1.88 bits per heavy atom. The maximum absolute atomic E-state index is 13.1. The Balaban J connectivity index is 1.51. The number of piperidine rings is 1. The van der Waals surface area contributed by atoms with Crippen LogP contribution < -0.4 is 20.3 Å². The Morgan fingerprint density at radius 1 is 1.21 bits per heavy atom. The molecule has 0 saturated carbocycles. The Bertz CT molecular complexity index is 1150. The molecule has 2 aromatic rings. The molecule has 1 aromatic heterocycles. The van der Waals surface area contributed by atoms with E-state index in [1.807, 2.05) is 33.8 Å². The van der Waals surface area contributed by atoms with Crippen molar-refractivity contribution < 1.29 is 14.3 Å². The van der Waals surface area contributed by atoms with Crippen LogP contribution >= 0.6 is 15.9 Å². The summed E-state index contributed by atoms with van der Waals surface area (Å²) in [5.41, 5.74) is 3.26. The lowest BCUT2D eigenvalue weighted by Gasteiger charge is -2.38. The summed E-state index contributed by atoms with van der Waals surface area (Å²) in [7, 11) is 0. The number of nitrogens with zero attached hydrogens (tertiary/aromatic N) is 1. The van der Waals surface area contributed by atoms with E-state index in [2.05, 4.69) is 38.1 Å². The predicted octanol–water partition coefficient (Wildman–Crippen LogP) is 4.60. The van der Waals surface area contributed by atoms with Crippen molar-refractivity contribution in [2.45, 2.75) is 66.2 Å². The molecule has 2 aliphatic heterocycles. The van der Waals surface area contributed by atoms with Gasteiger partial charge in [0.25, 0.3) is 17.3 Å². The van der Waals surface area contributed by atoms with Crippen molar-refractivity contribution in [2.24, 2.45) is 5.92 Å². The first-order chi connectivity index (χ1) is 16.1. The normalized spacial score (nSPS) is 20.5. The molecule has 0 bridgehead atoms. The first-order valence-electron chi connectivity index (χ1n) is 12.0. The third-order valence-electron chi connectivity index (χ3n) is 7.08. The molecule has 7 nitrogen and oxygen atoms in total. The SMILES string of the molecule is CCCN1CCC([C@@]2(C)Oc3c(Br)cc(C(=O)NCc4c(C)cc(C)[nH]c4=O)c(C)c3O2)CC1. The second-order valence-corrected chi connectivity index (χ2v) is 10.5. The fourth-order valence-electron chi connectivity index (χ4n) is 5.11. The number of aromatic amines is 1. The number of hydrogen-bond acceptors (Lipinski definition) is 5. The number of amides is 1. The average Bonchev–Trinajstić information content (AvgIpc) is 3.16. The number of hydrogen-bond donors (Lipinski definition) is 2. The molecule has 2 aliphatic rings. The van der Waals surface area contributed by atoms with E-state index in [4.69, 9.17) is 9.47 Å². The summed E-state index contributed by atoms with van der Waals surface area (Å²) in [5.74, 6) is 0.522. The molecule has 34 heavy (non-hydrogen) atoms. The maximum atomic E-state index is 13.1. The highest BCUT2D eigenvalue weighted by Gasteiger charge is 2.47. The highest BCUT2D eigenvalue weighted by atomic mass is 79.9. The fraction of sp³-hybridized carbons (Fsp3) is 0.538. The summed E-state index contributed by atoms with van der Waals surface area (Å²) in [6, 6.07) is 3.67. The number of halogens is 1. The number of aromatic nitrogens is 1. The molecular formula is C26H34BrN3O4. The van der Waals surface area contributed by atoms with E-state index in [0.717, 1.165) is 55.7 Å². The topological polar surface area (TPSA) is 83.7 Å². The van der Waals surface area contributed by atoms with E-state index in [1.54, 1.807) is 6.07 Å². The van der Waals surface area contributed by atoms with Gasteiger partial charge in [0.2, 0.25) is 0 Å². The Morgan fingerprint density at radius 3 is 2.53 bits per heavy atom. The Labute approximate surface area is 209 Å². The van der Waals surface area contributed by atoms with Crippen LogP contribution in [-0.2, 0) is 6.54 Å². The van der Waals surface area contributed by atoms with Gasteiger partial charge in [-0.1, -0.05) is 6.92 Å². The van der Waals surface area contributed by atoms with E-state index in [1.165, 1.54) is 0 Å². The lowest BCUT2D eigenvalue weighted by Crippen LogP contribution is -2.48. The van der Waals surface area contributed by atoms with Crippen LogP contribution in [0.5, 0.6) is 11.5 Å². The van der Waals surface area contributed by atoms with Crippen molar-refractivity contribution in [2.75, 3.05) is 19.6 Å². The molecule has 0 radical (unpaired) electrons. The number of rotatable bonds is 6. The van der Waals surface area contributed by atoms with Gasteiger partial charge in [0.1, 0.15) is 0 Å². The number of H-pyrrole nitrogens is 1. The van der Waals surface area contributed by atoms with Gasteiger partial charge in [-0.3, -0.25) is 9.59 Å². The van der Waals surface area contributed by atoms with Gasteiger partial charge in [-0.25, -0.2) is 0 Å². The van der Waals surface area contributed by atoms with Crippen molar-refractivity contribution in [1.29, 1.82) is 0 Å². The van der Waals surface area contributed by atoms with E-state index in [-0.39, 0.29) is 23.9 Å². The molecule has 4 rings (SSSR count). The van der Waals surface area contributed by atoms with Crippen LogP contribution in [-0.4, -0.2) is 41.2 Å². The molecule has 2 N–H and O–H groups in total. The monoisotopic (exact) mass is 531 g/mol. The molecule has 0 aliphatic carbocycles. The van der Waals surface area contributed by atoms with Crippen molar-refractivity contribution in [3.05, 3.63) is 54.9 Å². The average molecular weight is 532 g/mol. The number of fused-ring (bicyclic) bond motifs is 1. The third-order valence-corrected chi connectivity index (χ3v) is 7.67. The van der Waals surface area contributed by atoms with E-state index >= 15 is 0 Å². The molecule has 1 aromatic carbocycles. The number of nitrogens with one attached hydrogen (secondary N) is 2. The van der Waals surface area contributed by atoms with Gasteiger partial charge in [-0.05, 0) is 93.3 Å². The number of pyridine rings is 1. The largest absolute Gasteiger partial charge is 0.448 e. The maximum Gasteiger partial charge on any atom is 0.253 e. The van der Waals surface area contributed by atoms with E-state index < -0.39 is 5.79 Å². The fourth-order valence-corrected chi connectivity index (χ4v) is 5.60. The minimum Gasteiger partial charge on any atom is -0.448 e.